The van der Waals surface area contributed by atoms with E-state index in [9.17, 15) is 4.39 Å². The van der Waals surface area contributed by atoms with E-state index in [1.807, 2.05) is 0 Å². The Morgan fingerprint density at radius 3 is 2.86 bits per heavy atom. The molecule has 3 heteroatoms. The lowest BCUT2D eigenvalue weighted by atomic mass is 10.1. The molecule has 1 N–H and O–H groups in total. The Labute approximate surface area is 88.5 Å². The minimum absolute atomic E-state index is 0.222. The predicted molar refractivity (Wildman–Crippen MR) is 56.0 cm³/mol. The van der Waals surface area contributed by atoms with E-state index in [1.165, 1.54) is 12.1 Å². The minimum atomic E-state index is -0.322. The van der Waals surface area contributed by atoms with Gasteiger partial charge >= 0.3 is 0 Å². The van der Waals surface area contributed by atoms with Crippen LogP contribution in [0.3, 0.4) is 0 Å². The highest BCUT2D eigenvalue weighted by Gasteiger charge is 2.03. The number of rotatable bonds is 4. The van der Waals surface area contributed by atoms with Gasteiger partial charge in [-0.25, -0.2) is 4.39 Å². The number of aryl methyl sites for hydroxylation is 1. The lowest BCUT2D eigenvalue weighted by Crippen LogP contribution is -2.00. The standard InChI is InChI=1S/C11H14ClFO/c1-8(14)3-2-4-9-7-10(12)5-6-11(9)13/h5-8,14H,2-4H2,1H3. The van der Waals surface area contributed by atoms with Gasteiger partial charge in [-0.1, -0.05) is 11.6 Å². The van der Waals surface area contributed by atoms with Gasteiger partial charge in [0.25, 0.3) is 0 Å². The van der Waals surface area contributed by atoms with Crippen molar-refractivity contribution in [2.45, 2.75) is 32.3 Å². The van der Waals surface area contributed by atoms with Gasteiger partial charge < -0.3 is 5.11 Å². The molecular weight excluding hydrogens is 203 g/mol. The summed E-state index contributed by atoms with van der Waals surface area (Å²) in [4.78, 5) is 0. The molecule has 0 fully saturated rings. The maximum atomic E-state index is 13.2. The first-order chi connectivity index (χ1) is 6.59. The lowest BCUT2D eigenvalue weighted by molar-refractivity contribution is 0.181. The molecule has 78 valence electrons. The summed E-state index contributed by atoms with van der Waals surface area (Å²) in [5.74, 6) is -0.222. The monoisotopic (exact) mass is 216 g/mol. The van der Waals surface area contributed by atoms with Crippen LogP contribution in [0.25, 0.3) is 0 Å². The van der Waals surface area contributed by atoms with Gasteiger partial charge in [0.15, 0.2) is 0 Å². The molecule has 0 bridgehead atoms. The fourth-order valence-electron chi connectivity index (χ4n) is 1.32. The zero-order chi connectivity index (χ0) is 10.6. The number of benzene rings is 1. The van der Waals surface area contributed by atoms with Crippen LogP contribution in [-0.2, 0) is 6.42 Å². The highest BCUT2D eigenvalue weighted by Crippen LogP contribution is 2.17. The van der Waals surface area contributed by atoms with Gasteiger partial charge in [0, 0.05) is 5.02 Å². The van der Waals surface area contributed by atoms with Gasteiger partial charge in [-0.15, -0.1) is 0 Å². The third-order valence-electron chi connectivity index (χ3n) is 2.08. The molecule has 0 aromatic heterocycles. The number of aliphatic hydroxyl groups excluding tert-OH is 1. The fraction of sp³-hybridized carbons (Fsp3) is 0.455. The second-order valence-corrected chi connectivity index (χ2v) is 3.91. The molecule has 1 nitrogen and oxygen atoms in total. The van der Waals surface area contributed by atoms with Crippen LogP contribution < -0.4 is 0 Å². The van der Waals surface area contributed by atoms with Crippen LogP contribution in [0, 0.1) is 5.82 Å². The topological polar surface area (TPSA) is 20.2 Å². The van der Waals surface area contributed by atoms with Crippen LogP contribution in [0.4, 0.5) is 4.39 Å². The van der Waals surface area contributed by atoms with E-state index in [4.69, 9.17) is 16.7 Å². The molecule has 14 heavy (non-hydrogen) atoms. The van der Waals surface area contributed by atoms with Crippen molar-refractivity contribution in [3.8, 4) is 0 Å². The molecule has 0 amide bonds. The molecule has 0 saturated carbocycles. The number of hydrogen-bond donors (Lipinski definition) is 1. The van der Waals surface area contributed by atoms with E-state index < -0.39 is 0 Å². The molecule has 0 heterocycles. The van der Waals surface area contributed by atoms with E-state index in [0.29, 0.717) is 23.4 Å². The van der Waals surface area contributed by atoms with Gasteiger partial charge in [-0.05, 0) is 49.9 Å². The summed E-state index contributed by atoms with van der Waals surface area (Å²) >= 11 is 5.74. The Kier molecular flexibility index (Phi) is 4.36. The lowest BCUT2D eigenvalue weighted by Gasteiger charge is -2.05. The van der Waals surface area contributed by atoms with Crippen molar-refractivity contribution in [1.29, 1.82) is 0 Å². The number of halogens is 2. The summed E-state index contributed by atoms with van der Waals surface area (Å²) in [6, 6.07) is 4.55. The maximum absolute atomic E-state index is 13.2. The van der Waals surface area contributed by atoms with Gasteiger partial charge in [0.2, 0.25) is 0 Å². The average Bonchev–Trinajstić information content (AvgIpc) is 2.10. The Morgan fingerprint density at radius 1 is 1.50 bits per heavy atom. The molecule has 0 radical (unpaired) electrons. The smallest absolute Gasteiger partial charge is 0.126 e. The Balaban J connectivity index is 2.53. The maximum Gasteiger partial charge on any atom is 0.126 e. The molecule has 1 aromatic carbocycles. The van der Waals surface area contributed by atoms with Gasteiger partial charge in [-0.2, -0.15) is 0 Å². The summed E-state index contributed by atoms with van der Waals surface area (Å²) < 4.78 is 13.2. The van der Waals surface area contributed by atoms with E-state index >= 15 is 0 Å². The van der Waals surface area contributed by atoms with E-state index in [-0.39, 0.29) is 11.9 Å². The normalized spacial score (nSPS) is 12.9. The second kappa shape index (κ2) is 5.32. The van der Waals surface area contributed by atoms with Crippen molar-refractivity contribution in [2.24, 2.45) is 0 Å². The molecule has 0 saturated heterocycles. The Morgan fingerprint density at radius 2 is 2.21 bits per heavy atom. The average molecular weight is 217 g/mol. The SMILES string of the molecule is CC(O)CCCc1cc(Cl)ccc1F. The third-order valence-corrected chi connectivity index (χ3v) is 2.31. The largest absolute Gasteiger partial charge is 0.393 e. The number of aliphatic hydroxyl groups is 1. The summed E-state index contributed by atoms with van der Waals surface area (Å²) in [7, 11) is 0. The summed E-state index contributed by atoms with van der Waals surface area (Å²) in [6.07, 6.45) is 1.76. The molecule has 1 rings (SSSR count). The van der Waals surface area contributed by atoms with E-state index in [1.54, 1.807) is 13.0 Å². The second-order valence-electron chi connectivity index (χ2n) is 3.48. The van der Waals surface area contributed by atoms with Gasteiger partial charge in [0.05, 0.1) is 6.10 Å². The molecule has 1 atom stereocenters. The molecule has 1 unspecified atom stereocenters. The van der Waals surface area contributed by atoms with Crippen LogP contribution in [0.15, 0.2) is 18.2 Å². The zero-order valence-corrected chi connectivity index (χ0v) is 8.89. The number of hydrogen-bond acceptors (Lipinski definition) is 1. The summed E-state index contributed by atoms with van der Waals surface area (Å²) in [6.45, 7) is 1.73. The quantitative estimate of drug-likeness (QED) is 0.820. The first-order valence-corrected chi connectivity index (χ1v) is 5.09. The highest BCUT2D eigenvalue weighted by molar-refractivity contribution is 6.30. The Bertz CT molecular complexity index is 299. The van der Waals surface area contributed by atoms with Gasteiger partial charge in [-0.3, -0.25) is 0 Å². The van der Waals surface area contributed by atoms with Crippen LogP contribution >= 0.6 is 11.6 Å². The van der Waals surface area contributed by atoms with Crippen LogP contribution in [0.5, 0.6) is 0 Å². The summed E-state index contributed by atoms with van der Waals surface area (Å²) in [5.41, 5.74) is 0.623. The third kappa shape index (κ3) is 3.64. The van der Waals surface area contributed by atoms with Crippen molar-refractivity contribution in [3.05, 3.63) is 34.6 Å². The zero-order valence-electron chi connectivity index (χ0n) is 8.13. The highest BCUT2D eigenvalue weighted by atomic mass is 35.5. The molecular formula is C11H14ClFO. The van der Waals surface area contributed by atoms with E-state index in [0.717, 1.165) is 6.42 Å². The molecule has 0 aliphatic heterocycles. The first kappa shape index (κ1) is 11.5. The van der Waals surface area contributed by atoms with Crippen molar-refractivity contribution in [2.75, 3.05) is 0 Å². The molecule has 1 aromatic rings. The van der Waals surface area contributed by atoms with Crippen molar-refractivity contribution < 1.29 is 9.50 Å². The van der Waals surface area contributed by atoms with Crippen molar-refractivity contribution >= 4 is 11.6 Å². The van der Waals surface area contributed by atoms with Crippen LogP contribution in [0.2, 0.25) is 5.02 Å². The molecule has 0 aliphatic rings. The van der Waals surface area contributed by atoms with Crippen molar-refractivity contribution in [3.63, 3.8) is 0 Å². The van der Waals surface area contributed by atoms with Crippen LogP contribution in [0.1, 0.15) is 25.3 Å². The van der Waals surface area contributed by atoms with E-state index in [2.05, 4.69) is 0 Å². The van der Waals surface area contributed by atoms with Crippen molar-refractivity contribution in [1.82, 2.24) is 0 Å². The molecule has 0 aliphatic carbocycles. The first-order valence-electron chi connectivity index (χ1n) is 4.71. The minimum Gasteiger partial charge on any atom is -0.393 e. The molecule has 0 spiro atoms. The van der Waals surface area contributed by atoms with Gasteiger partial charge in [0.1, 0.15) is 5.82 Å². The fourth-order valence-corrected chi connectivity index (χ4v) is 1.52. The van der Waals surface area contributed by atoms with Crippen LogP contribution in [-0.4, -0.2) is 11.2 Å². The summed E-state index contributed by atoms with van der Waals surface area (Å²) in [5, 5.41) is 9.59. The predicted octanol–water partition coefficient (Wildman–Crippen LogP) is 3.18. The Hall–Kier alpha value is -0.600.